The van der Waals surface area contributed by atoms with Crippen LogP contribution < -0.4 is 4.90 Å². The summed E-state index contributed by atoms with van der Waals surface area (Å²) in [6.07, 6.45) is 1.64. The highest BCUT2D eigenvalue weighted by atomic mass is 32.1. The molecule has 0 unspecified atom stereocenters. The van der Waals surface area contributed by atoms with Crippen molar-refractivity contribution in [2.45, 2.75) is 6.42 Å². The molecule has 1 aromatic heterocycles. The molecule has 7 heteroatoms. The number of anilines is 1. The Morgan fingerprint density at radius 1 is 1.03 bits per heavy atom. The van der Waals surface area contributed by atoms with E-state index in [1.807, 2.05) is 35.7 Å². The van der Waals surface area contributed by atoms with E-state index in [0.717, 1.165) is 16.2 Å². The van der Waals surface area contributed by atoms with Crippen LogP contribution in [0.15, 0.2) is 72.6 Å². The standard InChI is InChI=1S/C23H19N3O3S/c1-2-13-25(23-24-19(15-30-23)16-8-4-3-5-9-16)20(27)12-14-26-21(28)17-10-6-7-11-18(17)22(26)29/h2-11,15H,1,12-14H2. The average Bonchev–Trinajstić information content (AvgIpc) is 3.35. The highest BCUT2D eigenvalue weighted by Gasteiger charge is 2.35. The van der Waals surface area contributed by atoms with E-state index in [-0.39, 0.29) is 30.7 Å². The largest absolute Gasteiger partial charge is 0.284 e. The number of imide groups is 1. The van der Waals surface area contributed by atoms with Crippen molar-refractivity contribution in [1.82, 2.24) is 9.88 Å². The lowest BCUT2D eigenvalue weighted by Gasteiger charge is -2.20. The van der Waals surface area contributed by atoms with Gasteiger partial charge in [-0.2, -0.15) is 0 Å². The summed E-state index contributed by atoms with van der Waals surface area (Å²) in [7, 11) is 0. The van der Waals surface area contributed by atoms with Gasteiger partial charge in [-0.05, 0) is 12.1 Å². The summed E-state index contributed by atoms with van der Waals surface area (Å²) in [5.74, 6) is -0.945. The predicted molar refractivity (Wildman–Crippen MR) is 117 cm³/mol. The van der Waals surface area contributed by atoms with Gasteiger partial charge in [-0.3, -0.25) is 24.2 Å². The molecule has 0 radical (unpaired) electrons. The van der Waals surface area contributed by atoms with Crippen molar-refractivity contribution < 1.29 is 14.4 Å². The molecule has 1 aliphatic heterocycles. The normalized spacial score (nSPS) is 12.7. The Bertz CT molecular complexity index is 1090. The van der Waals surface area contributed by atoms with E-state index in [9.17, 15) is 14.4 Å². The van der Waals surface area contributed by atoms with E-state index in [1.54, 1.807) is 30.3 Å². The molecule has 3 aromatic rings. The Hall–Kier alpha value is -3.58. The minimum Gasteiger partial charge on any atom is -0.284 e. The van der Waals surface area contributed by atoms with E-state index >= 15 is 0 Å². The number of thiazole rings is 1. The predicted octanol–water partition coefficient (Wildman–Crippen LogP) is 4.02. The van der Waals surface area contributed by atoms with E-state index < -0.39 is 0 Å². The lowest BCUT2D eigenvalue weighted by Crippen LogP contribution is -2.37. The van der Waals surface area contributed by atoms with Gasteiger partial charge in [0.15, 0.2) is 5.13 Å². The van der Waals surface area contributed by atoms with Crippen LogP contribution in [0.1, 0.15) is 27.1 Å². The van der Waals surface area contributed by atoms with Gasteiger partial charge in [-0.25, -0.2) is 4.98 Å². The van der Waals surface area contributed by atoms with Gasteiger partial charge >= 0.3 is 0 Å². The first-order chi connectivity index (χ1) is 14.6. The van der Waals surface area contributed by atoms with Crippen LogP contribution in [-0.2, 0) is 4.79 Å². The summed E-state index contributed by atoms with van der Waals surface area (Å²) in [6.45, 7) is 4.04. The van der Waals surface area contributed by atoms with E-state index in [1.165, 1.54) is 16.2 Å². The summed E-state index contributed by atoms with van der Waals surface area (Å²) >= 11 is 1.37. The average molecular weight is 417 g/mol. The number of fused-ring (bicyclic) bond motifs is 1. The fraction of sp³-hybridized carbons (Fsp3) is 0.130. The zero-order chi connectivity index (χ0) is 21.1. The third-order valence-electron chi connectivity index (χ3n) is 4.83. The van der Waals surface area contributed by atoms with Gasteiger partial charge in [-0.1, -0.05) is 48.5 Å². The van der Waals surface area contributed by atoms with Crippen molar-refractivity contribution in [1.29, 1.82) is 0 Å². The van der Waals surface area contributed by atoms with Gasteiger partial charge in [0.1, 0.15) is 0 Å². The summed E-state index contributed by atoms with van der Waals surface area (Å²) in [5.41, 5.74) is 2.52. The molecular weight excluding hydrogens is 398 g/mol. The van der Waals surface area contributed by atoms with E-state index in [4.69, 9.17) is 0 Å². The second kappa shape index (κ2) is 8.42. The SMILES string of the molecule is C=CCN(C(=O)CCN1C(=O)c2ccccc2C1=O)c1nc(-c2ccccc2)cs1. The van der Waals surface area contributed by atoms with Gasteiger partial charge in [-0.15, -0.1) is 17.9 Å². The minimum absolute atomic E-state index is 0.0135. The quantitative estimate of drug-likeness (QED) is 0.430. The molecule has 6 nitrogen and oxygen atoms in total. The van der Waals surface area contributed by atoms with E-state index in [0.29, 0.717) is 22.8 Å². The minimum atomic E-state index is -0.362. The first-order valence-corrected chi connectivity index (χ1v) is 10.4. The molecule has 1 aliphatic rings. The number of amides is 3. The van der Waals surface area contributed by atoms with Crippen LogP contribution in [0.3, 0.4) is 0 Å². The van der Waals surface area contributed by atoms with Crippen molar-refractivity contribution in [2.24, 2.45) is 0 Å². The van der Waals surface area contributed by atoms with Gasteiger partial charge < -0.3 is 0 Å². The molecule has 150 valence electrons. The molecule has 30 heavy (non-hydrogen) atoms. The number of hydrogen-bond acceptors (Lipinski definition) is 5. The summed E-state index contributed by atoms with van der Waals surface area (Å²) in [4.78, 5) is 45.2. The smallest absolute Gasteiger partial charge is 0.261 e. The van der Waals surface area contributed by atoms with Crippen LogP contribution in [0.4, 0.5) is 5.13 Å². The van der Waals surface area contributed by atoms with Crippen LogP contribution in [-0.4, -0.2) is 40.7 Å². The number of rotatable bonds is 7. The number of aromatic nitrogens is 1. The van der Waals surface area contributed by atoms with Gasteiger partial charge in [0, 0.05) is 30.5 Å². The van der Waals surface area contributed by atoms with Crippen molar-refractivity contribution in [3.8, 4) is 11.3 Å². The fourth-order valence-electron chi connectivity index (χ4n) is 3.33. The number of hydrogen-bond donors (Lipinski definition) is 0. The first kappa shape index (κ1) is 19.7. The molecule has 0 atom stereocenters. The molecule has 0 N–H and O–H groups in total. The van der Waals surface area contributed by atoms with Crippen molar-refractivity contribution >= 4 is 34.2 Å². The van der Waals surface area contributed by atoms with Gasteiger partial charge in [0.25, 0.3) is 11.8 Å². The number of nitrogens with zero attached hydrogens (tertiary/aromatic N) is 3. The summed E-state index contributed by atoms with van der Waals surface area (Å²) in [5, 5.41) is 2.46. The van der Waals surface area contributed by atoms with Crippen molar-refractivity contribution in [2.75, 3.05) is 18.0 Å². The highest BCUT2D eigenvalue weighted by Crippen LogP contribution is 2.28. The molecule has 2 heterocycles. The molecule has 0 aliphatic carbocycles. The Kier molecular flexibility index (Phi) is 5.54. The second-order valence-electron chi connectivity index (χ2n) is 6.73. The molecule has 0 saturated carbocycles. The third kappa shape index (κ3) is 3.67. The highest BCUT2D eigenvalue weighted by molar-refractivity contribution is 7.14. The van der Waals surface area contributed by atoms with Crippen LogP contribution in [0.25, 0.3) is 11.3 Å². The zero-order valence-electron chi connectivity index (χ0n) is 16.2. The van der Waals surface area contributed by atoms with Crippen LogP contribution in [0, 0.1) is 0 Å². The van der Waals surface area contributed by atoms with Crippen molar-refractivity contribution in [3.05, 3.63) is 83.8 Å². The topological polar surface area (TPSA) is 70.6 Å². The van der Waals surface area contributed by atoms with Crippen molar-refractivity contribution in [3.63, 3.8) is 0 Å². The first-order valence-electron chi connectivity index (χ1n) is 9.47. The van der Waals surface area contributed by atoms with Gasteiger partial charge in [0.05, 0.1) is 16.8 Å². The Morgan fingerprint density at radius 3 is 2.30 bits per heavy atom. The molecule has 0 bridgehead atoms. The summed E-state index contributed by atoms with van der Waals surface area (Å²) in [6, 6.07) is 16.4. The number of carbonyl (C=O) groups is 3. The van der Waals surface area contributed by atoms with Crippen LogP contribution >= 0.6 is 11.3 Å². The molecule has 0 saturated heterocycles. The molecule has 0 spiro atoms. The Labute approximate surface area is 178 Å². The molecular formula is C23H19N3O3S. The molecule has 4 rings (SSSR count). The molecule has 0 fully saturated rings. The molecule has 2 aromatic carbocycles. The summed E-state index contributed by atoms with van der Waals surface area (Å²) < 4.78 is 0. The number of benzene rings is 2. The molecule has 3 amide bonds. The fourth-order valence-corrected chi connectivity index (χ4v) is 4.19. The Balaban J connectivity index is 1.47. The van der Waals surface area contributed by atoms with Crippen LogP contribution in [0.5, 0.6) is 0 Å². The third-order valence-corrected chi connectivity index (χ3v) is 5.70. The lowest BCUT2D eigenvalue weighted by atomic mass is 10.1. The maximum atomic E-state index is 12.9. The number of carbonyl (C=O) groups excluding carboxylic acids is 3. The monoisotopic (exact) mass is 417 g/mol. The zero-order valence-corrected chi connectivity index (χ0v) is 17.0. The van der Waals surface area contributed by atoms with E-state index in [2.05, 4.69) is 11.6 Å². The maximum Gasteiger partial charge on any atom is 0.261 e. The maximum absolute atomic E-state index is 12.9. The van der Waals surface area contributed by atoms with Gasteiger partial charge in [0.2, 0.25) is 5.91 Å². The lowest BCUT2D eigenvalue weighted by molar-refractivity contribution is -0.118. The second-order valence-corrected chi connectivity index (χ2v) is 7.57. The Morgan fingerprint density at radius 2 is 1.67 bits per heavy atom. The van der Waals surface area contributed by atoms with Crippen LogP contribution in [0.2, 0.25) is 0 Å².